The Morgan fingerprint density at radius 2 is 1.77 bits per heavy atom. The van der Waals surface area contributed by atoms with Crippen LogP contribution in [0.2, 0.25) is 0 Å². The summed E-state index contributed by atoms with van der Waals surface area (Å²) in [6.45, 7) is 0.838. The van der Waals surface area contributed by atoms with Gasteiger partial charge in [-0.05, 0) is 24.1 Å². The summed E-state index contributed by atoms with van der Waals surface area (Å²) >= 11 is 0. The van der Waals surface area contributed by atoms with Crippen LogP contribution in [0.15, 0.2) is 48.5 Å². The van der Waals surface area contributed by atoms with Gasteiger partial charge in [-0.3, -0.25) is 9.59 Å². The van der Waals surface area contributed by atoms with Crippen molar-refractivity contribution >= 4 is 24.0 Å². The van der Waals surface area contributed by atoms with Crippen molar-refractivity contribution < 1.29 is 19.1 Å². The van der Waals surface area contributed by atoms with Crippen molar-refractivity contribution in [1.82, 2.24) is 0 Å². The maximum atomic E-state index is 12.1. The maximum absolute atomic E-state index is 12.1. The summed E-state index contributed by atoms with van der Waals surface area (Å²) in [5.74, 6) is 1.02. The molecule has 2 rings (SSSR count). The largest absolute Gasteiger partial charge is 0.493 e. The number of methoxy groups -OCH3 is 1. The fourth-order valence-corrected chi connectivity index (χ4v) is 2.43. The van der Waals surface area contributed by atoms with E-state index in [1.165, 1.54) is 0 Å². The Balaban J connectivity index is 0.00000338. The van der Waals surface area contributed by atoms with Gasteiger partial charge in [0.1, 0.15) is 12.4 Å². The maximum Gasteiger partial charge on any atom is 0.170 e. The summed E-state index contributed by atoms with van der Waals surface area (Å²) in [4.78, 5) is 24.1. The number of rotatable bonds is 10. The number of ether oxygens (including phenoxy) is 2. The summed E-state index contributed by atoms with van der Waals surface area (Å²) in [5, 5.41) is 0. The quantitative estimate of drug-likeness (QED) is 0.508. The lowest BCUT2D eigenvalue weighted by Gasteiger charge is -2.11. The number of carbonyl (C=O) groups excluding carboxylic acids is 2. The molecule has 0 aliphatic heterocycles. The molecule has 0 aliphatic carbocycles. The molecule has 0 unspecified atom stereocenters. The highest BCUT2D eigenvalue weighted by atomic mass is 35.5. The first kappa shape index (κ1) is 21.7. The number of aryl methyl sites for hydroxylation is 1. The molecule has 0 bridgehead atoms. The van der Waals surface area contributed by atoms with E-state index >= 15 is 0 Å². The molecular weight excluding hydrogens is 354 g/mol. The highest BCUT2D eigenvalue weighted by Crippen LogP contribution is 2.28. The highest BCUT2D eigenvalue weighted by Gasteiger charge is 2.12. The van der Waals surface area contributed by atoms with E-state index < -0.39 is 0 Å². The zero-order valence-electron chi connectivity index (χ0n) is 14.8. The minimum Gasteiger partial charge on any atom is -0.493 e. The van der Waals surface area contributed by atoms with Crippen molar-refractivity contribution in [3.05, 3.63) is 59.7 Å². The summed E-state index contributed by atoms with van der Waals surface area (Å²) in [6.07, 6.45) is 0.790. The molecule has 0 amide bonds. The minimum atomic E-state index is -0.145. The molecule has 0 atom stereocenters. The molecule has 140 valence electrons. The van der Waals surface area contributed by atoms with Crippen molar-refractivity contribution in [1.29, 1.82) is 0 Å². The van der Waals surface area contributed by atoms with Gasteiger partial charge in [-0.2, -0.15) is 0 Å². The zero-order valence-corrected chi connectivity index (χ0v) is 15.6. The predicted octanol–water partition coefficient (Wildman–Crippen LogP) is 3.23. The van der Waals surface area contributed by atoms with E-state index in [9.17, 15) is 9.59 Å². The number of hydrogen-bond acceptors (Lipinski definition) is 5. The fourth-order valence-electron chi connectivity index (χ4n) is 2.43. The third kappa shape index (κ3) is 6.50. The molecule has 0 saturated heterocycles. The highest BCUT2D eigenvalue weighted by molar-refractivity contribution is 6.07. The molecule has 6 heteroatoms. The smallest absolute Gasteiger partial charge is 0.170 e. The van der Waals surface area contributed by atoms with Crippen LogP contribution in [0.1, 0.15) is 28.8 Å². The summed E-state index contributed by atoms with van der Waals surface area (Å²) < 4.78 is 10.8. The van der Waals surface area contributed by atoms with E-state index in [2.05, 4.69) is 0 Å². The number of ketones is 2. The molecule has 0 radical (unpaired) electrons. The minimum absolute atomic E-state index is 0. The van der Waals surface area contributed by atoms with Crippen LogP contribution in [-0.4, -0.2) is 31.8 Å². The molecule has 5 nitrogen and oxygen atoms in total. The van der Waals surface area contributed by atoms with Gasteiger partial charge in [0.15, 0.2) is 17.3 Å². The second-order valence-electron chi connectivity index (χ2n) is 5.63. The molecule has 0 heterocycles. The van der Waals surface area contributed by atoms with Gasteiger partial charge < -0.3 is 15.2 Å². The molecule has 26 heavy (non-hydrogen) atoms. The molecule has 0 fully saturated rings. The van der Waals surface area contributed by atoms with Crippen LogP contribution >= 0.6 is 12.4 Å². The molecule has 0 saturated carbocycles. The number of Topliss-reactive ketones (excluding diaryl/α,β-unsaturated/α-hetero) is 2. The Hall–Kier alpha value is -2.37. The van der Waals surface area contributed by atoms with Crippen molar-refractivity contribution in [2.45, 2.75) is 19.3 Å². The van der Waals surface area contributed by atoms with E-state index in [-0.39, 0.29) is 30.4 Å². The van der Waals surface area contributed by atoms with E-state index in [0.29, 0.717) is 43.1 Å². The van der Waals surface area contributed by atoms with Crippen molar-refractivity contribution in [3.8, 4) is 11.5 Å². The van der Waals surface area contributed by atoms with Crippen LogP contribution in [0.25, 0.3) is 0 Å². The van der Waals surface area contributed by atoms with E-state index in [1.807, 2.05) is 24.3 Å². The third-order valence-corrected chi connectivity index (χ3v) is 3.75. The first-order chi connectivity index (χ1) is 12.1. The van der Waals surface area contributed by atoms with E-state index in [0.717, 1.165) is 5.56 Å². The lowest BCUT2D eigenvalue weighted by molar-refractivity contribution is -0.118. The van der Waals surface area contributed by atoms with Gasteiger partial charge in [0, 0.05) is 18.5 Å². The lowest BCUT2D eigenvalue weighted by Crippen LogP contribution is -2.11. The van der Waals surface area contributed by atoms with E-state index in [1.54, 1.807) is 31.4 Å². The Morgan fingerprint density at radius 3 is 2.42 bits per heavy atom. The molecule has 0 aromatic heterocycles. The number of hydrogen-bond donors (Lipinski definition) is 1. The molecule has 0 spiro atoms. The number of benzene rings is 2. The van der Waals surface area contributed by atoms with Crippen LogP contribution in [0, 0.1) is 0 Å². The van der Waals surface area contributed by atoms with Crippen LogP contribution in [0.5, 0.6) is 11.5 Å². The molecule has 2 aromatic rings. The average Bonchev–Trinajstić information content (AvgIpc) is 2.65. The topological polar surface area (TPSA) is 78.6 Å². The third-order valence-electron chi connectivity index (χ3n) is 3.75. The second kappa shape index (κ2) is 11.3. The van der Waals surface area contributed by atoms with Gasteiger partial charge in [-0.25, -0.2) is 0 Å². The Morgan fingerprint density at radius 1 is 1.04 bits per heavy atom. The van der Waals surface area contributed by atoms with Gasteiger partial charge in [0.2, 0.25) is 0 Å². The summed E-state index contributed by atoms with van der Waals surface area (Å²) in [7, 11) is 1.57. The zero-order chi connectivity index (χ0) is 18.1. The normalized spacial score (nSPS) is 9.92. The standard InChI is InChI=1S/C20H23NO4.ClH/c1-24-20-13-15(8-10-19(20)25-12-11-21)7-9-17(22)14-18(23)16-5-3-2-4-6-16;/h2-6,8,10,13H,7,9,11-12,14,21H2,1H3;1H. The van der Waals surface area contributed by atoms with E-state index in [4.69, 9.17) is 15.2 Å². The molecule has 0 aliphatic rings. The first-order valence-electron chi connectivity index (χ1n) is 8.23. The van der Waals surface area contributed by atoms with Gasteiger partial charge in [-0.1, -0.05) is 36.4 Å². The monoisotopic (exact) mass is 377 g/mol. The van der Waals surface area contributed by atoms with Crippen molar-refractivity contribution in [2.24, 2.45) is 5.73 Å². The predicted molar refractivity (Wildman–Crippen MR) is 104 cm³/mol. The van der Waals surface area contributed by atoms with Crippen LogP contribution in [-0.2, 0) is 11.2 Å². The second-order valence-corrected chi connectivity index (χ2v) is 5.63. The SMILES string of the molecule is COc1cc(CCC(=O)CC(=O)c2ccccc2)ccc1OCCN.Cl. The van der Waals surface area contributed by atoms with Gasteiger partial charge in [-0.15, -0.1) is 12.4 Å². The molecule has 2 N–H and O–H groups in total. The molecular formula is C20H24ClNO4. The summed E-state index contributed by atoms with van der Waals surface area (Å²) in [6, 6.07) is 14.4. The number of carbonyl (C=O) groups is 2. The Bertz CT molecular complexity index is 719. The van der Waals surface area contributed by atoms with Crippen LogP contribution in [0.4, 0.5) is 0 Å². The van der Waals surface area contributed by atoms with Crippen molar-refractivity contribution in [3.63, 3.8) is 0 Å². The number of halogens is 1. The van der Waals surface area contributed by atoms with Gasteiger partial charge >= 0.3 is 0 Å². The van der Waals surface area contributed by atoms with Crippen molar-refractivity contribution in [2.75, 3.05) is 20.3 Å². The molecule has 2 aromatic carbocycles. The Labute approximate surface area is 159 Å². The van der Waals surface area contributed by atoms with Gasteiger partial charge in [0.25, 0.3) is 0 Å². The van der Waals surface area contributed by atoms with Gasteiger partial charge in [0.05, 0.1) is 13.5 Å². The average molecular weight is 378 g/mol. The Kier molecular flexibility index (Phi) is 9.41. The summed E-state index contributed by atoms with van der Waals surface area (Å²) in [5.41, 5.74) is 6.95. The first-order valence-corrected chi connectivity index (χ1v) is 8.23. The number of nitrogens with two attached hydrogens (primary N) is 1. The van der Waals surface area contributed by atoms with Crippen LogP contribution < -0.4 is 15.2 Å². The lowest BCUT2D eigenvalue weighted by atomic mass is 10.0. The van der Waals surface area contributed by atoms with Crippen LogP contribution in [0.3, 0.4) is 0 Å². The fraction of sp³-hybridized carbons (Fsp3) is 0.300.